The van der Waals surface area contributed by atoms with E-state index in [1.54, 1.807) is 6.07 Å². The maximum Gasteiger partial charge on any atom is 0.208 e. The number of rotatable bonds is 7. The Hall–Kier alpha value is -1.41. The maximum atomic E-state index is 10.8. The molecule has 0 aromatic carbocycles. The summed E-state index contributed by atoms with van der Waals surface area (Å²) < 4.78 is 24.1. The molecule has 0 amide bonds. The van der Waals surface area contributed by atoms with Crippen LogP contribution < -0.4 is 15.8 Å². The van der Waals surface area contributed by atoms with Gasteiger partial charge in [0.1, 0.15) is 17.5 Å². The summed E-state index contributed by atoms with van der Waals surface area (Å²) in [6.07, 6.45) is 2.52. The highest BCUT2D eigenvalue weighted by atomic mass is 32.2. The molecule has 0 unspecified atom stereocenters. The van der Waals surface area contributed by atoms with Crippen LogP contribution in [0.25, 0.3) is 0 Å². The Balaban J connectivity index is 2.37. The lowest BCUT2D eigenvalue weighted by Crippen LogP contribution is -2.24. The Bertz CT molecular complexity index is 489. The number of aromatic nitrogens is 2. The summed E-state index contributed by atoms with van der Waals surface area (Å²) in [4.78, 5) is 8.32. The first kappa shape index (κ1) is 14.7. The van der Waals surface area contributed by atoms with Crippen molar-refractivity contribution < 1.29 is 8.42 Å². The number of nitrogens with one attached hydrogen (secondary N) is 2. The van der Waals surface area contributed by atoms with Crippen molar-refractivity contribution in [1.29, 1.82) is 0 Å². The molecule has 1 aromatic heterocycles. The zero-order chi connectivity index (χ0) is 13.6. The molecule has 0 atom stereocenters. The van der Waals surface area contributed by atoms with Crippen molar-refractivity contribution >= 4 is 21.7 Å². The molecule has 0 aliphatic carbocycles. The lowest BCUT2D eigenvalue weighted by atomic mass is 10.4. The Labute approximate surface area is 107 Å². The fourth-order valence-corrected chi connectivity index (χ4v) is 1.84. The minimum absolute atomic E-state index is 0.396. The summed E-state index contributed by atoms with van der Waals surface area (Å²) >= 11 is 0. The van der Waals surface area contributed by atoms with E-state index >= 15 is 0 Å². The zero-order valence-corrected chi connectivity index (χ0v) is 11.4. The van der Waals surface area contributed by atoms with Gasteiger partial charge in [-0.3, -0.25) is 0 Å². The van der Waals surface area contributed by atoms with Gasteiger partial charge in [-0.05, 0) is 6.42 Å². The lowest BCUT2D eigenvalue weighted by Gasteiger charge is -2.07. The van der Waals surface area contributed by atoms with Gasteiger partial charge in [-0.25, -0.2) is 23.1 Å². The number of nitrogens with zero attached hydrogens (tertiary/aromatic N) is 2. The Kier molecular flexibility index (Phi) is 5.29. The molecule has 0 bridgehead atoms. The van der Waals surface area contributed by atoms with Gasteiger partial charge in [-0.1, -0.05) is 6.92 Å². The van der Waals surface area contributed by atoms with Crippen molar-refractivity contribution in [2.24, 2.45) is 0 Å². The second kappa shape index (κ2) is 6.50. The Morgan fingerprint density at radius 1 is 1.33 bits per heavy atom. The summed E-state index contributed by atoms with van der Waals surface area (Å²) in [6.45, 7) is 2.96. The van der Waals surface area contributed by atoms with Crippen molar-refractivity contribution in [3.63, 3.8) is 0 Å². The maximum absolute atomic E-state index is 10.8. The molecule has 1 rings (SSSR count). The topological polar surface area (TPSA) is 110 Å². The third kappa shape index (κ3) is 5.78. The highest BCUT2D eigenvalue weighted by Crippen LogP contribution is 2.08. The third-order valence-corrected chi connectivity index (χ3v) is 2.86. The minimum atomic E-state index is -3.11. The molecule has 8 heteroatoms. The SMILES string of the molecule is CCc1nc(N)cc(NCCCNS(C)(=O)=O)n1. The first-order chi connectivity index (χ1) is 8.40. The van der Waals surface area contributed by atoms with Crippen LogP contribution in [-0.2, 0) is 16.4 Å². The van der Waals surface area contributed by atoms with E-state index in [0.717, 1.165) is 12.7 Å². The van der Waals surface area contributed by atoms with E-state index in [0.29, 0.717) is 37.0 Å². The van der Waals surface area contributed by atoms with Crippen LogP contribution in [0, 0.1) is 0 Å². The molecule has 1 aromatic rings. The first-order valence-corrected chi connectivity index (χ1v) is 7.62. The van der Waals surface area contributed by atoms with E-state index in [1.807, 2.05) is 6.92 Å². The van der Waals surface area contributed by atoms with Crippen molar-refractivity contribution in [2.75, 3.05) is 30.4 Å². The second-order valence-electron chi connectivity index (χ2n) is 3.89. The van der Waals surface area contributed by atoms with Gasteiger partial charge in [-0.2, -0.15) is 0 Å². The predicted octanol–water partition coefficient (Wildman–Crippen LogP) is -0.0276. The highest BCUT2D eigenvalue weighted by molar-refractivity contribution is 7.88. The fraction of sp³-hybridized carbons (Fsp3) is 0.600. The average molecular weight is 273 g/mol. The van der Waals surface area contributed by atoms with Crippen molar-refractivity contribution in [3.05, 3.63) is 11.9 Å². The van der Waals surface area contributed by atoms with Gasteiger partial charge in [0.25, 0.3) is 0 Å². The van der Waals surface area contributed by atoms with Gasteiger partial charge in [0.05, 0.1) is 6.26 Å². The molecule has 0 spiro atoms. The van der Waals surface area contributed by atoms with Crippen LogP contribution in [-0.4, -0.2) is 37.7 Å². The van der Waals surface area contributed by atoms with Crippen LogP contribution in [0.3, 0.4) is 0 Å². The third-order valence-electron chi connectivity index (χ3n) is 2.13. The van der Waals surface area contributed by atoms with Crippen LogP contribution in [0.1, 0.15) is 19.2 Å². The van der Waals surface area contributed by atoms with E-state index in [-0.39, 0.29) is 0 Å². The second-order valence-corrected chi connectivity index (χ2v) is 5.73. The van der Waals surface area contributed by atoms with Gasteiger partial charge in [-0.15, -0.1) is 0 Å². The van der Waals surface area contributed by atoms with Gasteiger partial charge in [0.2, 0.25) is 10.0 Å². The normalized spacial score (nSPS) is 11.4. The number of hydrogen-bond acceptors (Lipinski definition) is 6. The number of aryl methyl sites for hydroxylation is 1. The number of anilines is 2. The molecular weight excluding hydrogens is 254 g/mol. The molecule has 0 aliphatic rings. The Morgan fingerprint density at radius 2 is 2.06 bits per heavy atom. The summed E-state index contributed by atoms with van der Waals surface area (Å²) in [7, 11) is -3.11. The van der Waals surface area contributed by atoms with E-state index in [1.165, 1.54) is 0 Å². The van der Waals surface area contributed by atoms with Gasteiger partial charge >= 0.3 is 0 Å². The van der Waals surface area contributed by atoms with Crippen LogP contribution in [0.2, 0.25) is 0 Å². The monoisotopic (exact) mass is 273 g/mol. The minimum Gasteiger partial charge on any atom is -0.384 e. The summed E-state index contributed by atoms with van der Waals surface area (Å²) in [5, 5.41) is 3.08. The molecule has 0 aliphatic heterocycles. The van der Waals surface area contributed by atoms with Crippen molar-refractivity contribution in [2.45, 2.75) is 19.8 Å². The molecule has 0 saturated heterocycles. The Morgan fingerprint density at radius 3 is 2.67 bits per heavy atom. The highest BCUT2D eigenvalue weighted by Gasteiger charge is 2.01. The standard InChI is InChI=1S/C10H19N5O2S/c1-3-9-14-8(11)7-10(15-9)12-5-4-6-13-18(2,16)17/h7,13H,3-6H2,1-2H3,(H3,11,12,14,15). The number of hydrogen-bond donors (Lipinski definition) is 3. The van der Waals surface area contributed by atoms with Crippen LogP contribution in [0.5, 0.6) is 0 Å². The molecule has 1 heterocycles. The van der Waals surface area contributed by atoms with E-state index < -0.39 is 10.0 Å². The molecule has 7 nitrogen and oxygen atoms in total. The largest absolute Gasteiger partial charge is 0.384 e. The van der Waals surface area contributed by atoms with Crippen LogP contribution >= 0.6 is 0 Å². The van der Waals surface area contributed by atoms with Crippen LogP contribution in [0.4, 0.5) is 11.6 Å². The van der Waals surface area contributed by atoms with Gasteiger partial charge < -0.3 is 11.1 Å². The van der Waals surface area contributed by atoms with Gasteiger partial charge in [0, 0.05) is 25.6 Å². The quantitative estimate of drug-likeness (QED) is 0.602. The fourth-order valence-electron chi connectivity index (χ4n) is 1.33. The van der Waals surface area contributed by atoms with Crippen molar-refractivity contribution in [3.8, 4) is 0 Å². The molecule has 0 radical (unpaired) electrons. The molecule has 0 saturated carbocycles. The van der Waals surface area contributed by atoms with E-state index in [2.05, 4.69) is 20.0 Å². The number of sulfonamides is 1. The predicted molar refractivity (Wildman–Crippen MR) is 71.8 cm³/mol. The zero-order valence-electron chi connectivity index (χ0n) is 10.6. The summed E-state index contributed by atoms with van der Waals surface area (Å²) in [5.74, 6) is 1.78. The summed E-state index contributed by atoms with van der Waals surface area (Å²) in [6, 6.07) is 1.66. The molecular formula is C10H19N5O2S. The smallest absolute Gasteiger partial charge is 0.208 e. The first-order valence-electron chi connectivity index (χ1n) is 5.72. The van der Waals surface area contributed by atoms with Crippen molar-refractivity contribution in [1.82, 2.24) is 14.7 Å². The van der Waals surface area contributed by atoms with E-state index in [4.69, 9.17) is 5.73 Å². The summed E-state index contributed by atoms with van der Waals surface area (Å²) in [5.41, 5.74) is 5.64. The molecule has 0 fully saturated rings. The number of nitrogens with two attached hydrogens (primary N) is 1. The lowest BCUT2D eigenvalue weighted by molar-refractivity contribution is 0.586. The number of nitrogen functional groups attached to an aromatic ring is 1. The van der Waals surface area contributed by atoms with Crippen LogP contribution in [0.15, 0.2) is 6.07 Å². The average Bonchev–Trinajstić information content (AvgIpc) is 2.26. The molecule has 102 valence electrons. The van der Waals surface area contributed by atoms with E-state index in [9.17, 15) is 8.42 Å². The molecule has 4 N–H and O–H groups in total. The molecule has 18 heavy (non-hydrogen) atoms. The van der Waals surface area contributed by atoms with Gasteiger partial charge in [0.15, 0.2) is 0 Å².